The molecule has 0 radical (unpaired) electrons. The Hall–Kier alpha value is -1.49. The maximum absolute atomic E-state index is 4.42. The molecule has 1 aromatic carbocycles. The lowest BCUT2D eigenvalue weighted by atomic mass is 10.1. The molecule has 5 heteroatoms. The molecule has 1 aromatic heterocycles. The van der Waals surface area contributed by atoms with Crippen molar-refractivity contribution >= 4 is 27.6 Å². The second-order valence-electron chi connectivity index (χ2n) is 5.30. The zero-order chi connectivity index (χ0) is 14.9. The molecule has 0 aliphatic carbocycles. The molecule has 1 N–H and O–H groups in total. The quantitative estimate of drug-likeness (QED) is 0.927. The molecule has 0 bridgehead atoms. The minimum atomic E-state index is 0.750. The van der Waals surface area contributed by atoms with E-state index in [2.05, 4.69) is 56.8 Å². The average Bonchev–Trinajstić information content (AvgIpc) is 2.69. The van der Waals surface area contributed by atoms with E-state index in [9.17, 15) is 0 Å². The molecule has 0 amide bonds. The Labute approximate surface area is 128 Å². The van der Waals surface area contributed by atoms with Crippen LogP contribution < -0.4 is 10.2 Å². The second kappa shape index (κ2) is 5.87. The van der Waals surface area contributed by atoms with Crippen molar-refractivity contribution in [2.45, 2.75) is 20.4 Å². The third-order valence-corrected chi connectivity index (χ3v) is 3.96. The molecule has 4 nitrogen and oxygen atoms in total. The number of rotatable bonds is 4. The van der Waals surface area contributed by atoms with Crippen LogP contribution in [0.25, 0.3) is 0 Å². The van der Waals surface area contributed by atoms with Gasteiger partial charge in [0, 0.05) is 25.6 Å². The number of halogens is 1. The zero-order valence-electron chi connectivity index (χ0n) is 12.7. The SMILES string of the molecule is Cc1cc(C)c(NCc2cnc(N(C)C)n2C)c(Br)c1. The van der Waals surface area contributed by atoms with Gasteiger partial charge in [-0.1, -0.05) is 6.07 Å². The van der Waals surface area contributed by atoms with E-state index in [1.165, 1.54) is 11.1 Å². The standard InChI is InChI=1S/C15H21BrN4/c1-10-6-11(2)14(13(16)7-10)17-8-12-9-18-15(19(3)4)20(12)5/h6-7,9,17H,8H2,1-5H3. The molecule has 0 aliphatic heterocycles. The summed E-state index contributed by atoms with van der Waals surface area (Å²) in [5, 5.41) is 3.49. The Kier molecular flexibility index (Phi) is 4.38. The summed E-state index contributed by atoms with van der Waals surface area (Å²) in [6, 6.07) is 4.31. The van der Waals surface area contributed by atoms with Crippen LogP contribution in [0.15, 0.2) is 22.8 Å². The van der Waals surface area contributed by atoms with Gasteiger partial charge in [0.25, 0.3) is 0 Å². The van der Waals surface area contributed by atoms with Gasteiger partial charge in [-0.2, -0.15) is 0 Å². The number of aryl methyl sites for hydroxylation is 2. The number of hydrogen-bond acceptors (Lipinski definition) is 3. The largest absolute Gasteiger partial charge is 0.378 e. The summed E-state index contributed by atoms with van der Waals surface area (Å²) in [6.07, 6.45) is 1.92. The maximum atomic E-state index is 4.42. The molecule has 20 heavy (non-hydrogen) atoms. The van der Waals surface area contributed by atoms with E-state index >= 15 is 0 Å². The van der Waals surface area contributed by atoms with Crippen molar-refractivity contribution in [2.75, 3.05) is 24.3 Å². The Morgan fingerprint density at radius 1 is 1.30 bits per heavy atom. The molecule has 0 unspecified atom stereocenters. The lowest BCUT2D eigenvalue weighted by Gasteiger charge is -2.15. The molecular formula is C15H21BrN4. The predicted octanol–water partition coefficient (Wildman–Crippen LogP) is 3.48. The molecule has 0 fully saturated rings. The molecule has 0 saturated carbocycles. The van der Waals surface area contributed by atoms with Crippen LogP contribution in [-0.4, -0.2) is 23.6 Å². The molecule has 108 valence electrons. The van der Waals surface area contributed by atoms with Crippen molar-refractivity contribution in [3.05, 3.63) is 39.6 Å². The molecule has 2 aromatic rings. The van der Waals surface area contributed by atoms with Crippen LogP contribution in [0, 0.1) is 13.8 Å². The van der Waals surface area contributed by atoms with E-state index < -0.39 is 0 Å². The minimum absolute atomic E-state index is 0.750. The number of aromatic nitrogens is 2. The number of hydrogen-bond donors (Lipinski definition) is 1. The summed E-state index contributed by atoms with van der Waals surface area (Å²) < 4.78 is 3.20. The number of benzene rings is 1. The van der Waals surface area contributed by atoms with Gasteiger partial charge < -0.3 is 14.8 Å². The summed E-state index contributed by atoms with van der Waals surface area (Å²) in [6.45, 7) is 4.97. The van der Waals surface area contributed by atoms with Gasteiger partial charge in [0.15, 0.2) is 0 Å². The molecule has 1 heterocycles. The highest BCUT2D eigenvalue weighted by molar-refractivity contribution is 9.10. The molecule has 0 saturated heterocycles. The molecular weight excluding hydrogens is 316 g/mol. The van der Waals surface area contributed by atoms with Crippen molar-refractivity contribution in [1.82, 2.24) is 9.55 Å². The van der Waals surface area contributed by atoms with E-state index in [1.54, 1.807) is 0 Å². The lowest BCUT2D eigenvalue weighted by Crippen LogP contribution is -2.15. The third-order valence-electron chi connectivity index (χ3n) is 3.34. The van der Waals surface area contributed by atoms with Crippen LogP contribution in [-0.2, 0) is 13.6 Å². The predicted molar refractivity (Wildman–Crippen MR) is 88.5 cm³/mol. The van der Waals surface area contributed by atoms with Crippen LogP contribution in [0.2, 0.25) is 0 Å². The minimum Gasteiger partial charge on any atom is -0.378 e. The highest BCUT2D eigenvalue weighted by Crippen LogP contribution is 2.28. The lowest BCUT2D eigenvalue weighted by molar-refractivity contribution is 0.813. The number of nitrogens with one attached hydrogen (secondary N) is 1. The third kappa shape index (κ3) is 2.98. The topological polar surface area (TPSA) is 33.1 Å². The van der Waals surface area contributed by atoms with Gasteiger partial charge in [-0.25, -0.2) is 4.98 Å². The van der Waals surface area contributed by atoms with Crippen LogP contribution in [0.4, 0.5) is 11.6 Å². The van der Waals surface area contributed by atoms with E-state index in [1.807, 2.05) is 32.2 Å². The fourth-order valence-electron chi connectivity index (χ4n) is 2.33. The van der Waals surface area contributed by atoms with Crippen molar-refractivity contribution in [2.24, 2.45) is 7.05 Å². The van der Waals surface area contributed by atoms with Gasteiger partial charge in [-0.3, -0.25) is 0 Å². The monoisotopic (exact) mass is 336 g/mol. The van der Waals surface area contributed by atoms with Gasteiger partial charge in [-0.05, 0) is 47.0 Å². The first-order chi connectivity index (χ1) is 9.40. The first-order valence-corrected chi connectivity index (χ1v) is 7.38. The van der Waals surface area contributed by atoms with Gasteiger partial charge in [-0.15, -0.1) is 0 Å². The Morgan fingerprint density at radius 2 is 2.00 bits per heavy atom. The summed E-state index contributed by atoms with van der Waals surface area (Å²) in [5.74, 6) is 0.960. The van der Waals surface area contributed by atoms with Gasteiger partial charge in [0.05, 0.1) is 24.1 Å². The van der Waals surface area contributed by atoms with Crippen LogP contribution in [0.3, 0.4) is 0 Å². The van der Waals surface area contributed by atoms with Crippen molar-refractivity contribution in [1.29, 1.82) is 0 Å². The van der Waals surface area contributed by atoms with Crippen molar-refractivity contribution in [3.63, 3.8) is 0 Å². The molecule has 0 aliphatic rings. The first kappa shape index (κ1) is 14.9. The van der Waals surface area contributed by atoms with Gasteiger partial charge in [0.1, 0.15) is 0 Å². The van der Waals surface area contributed by atoms with Crippen LogP contribution >= 0.6 is 15.9 Å². The van der Waals surface area contributed by atoms with Gasteiger partial charge >= 0.3 is 0 Å². The normalized spacial score (nSPS) is 10.7. The van der Waals surface area contributed by atoms with Gasteiger partial charge in [0.2, 0.25) is 5.95 Å². The highest BCUT2D eigenvalue weighted by Gasteiger charge is 2.09. The summed E-state index contributed by atoms with van der Waals surface area (Å²) in [4.78, 5) is 6.43. The first-order valence-electron chi connectivity index (χ1n) is 6.58. The molecule has 0 atom stereocenters. The fourth-order valence-corrected chi connectivity index (χ4v) is 3.15. The Balaban J connectivity index is 2.17. The van der Waals surface area contributed by atoms with E-state index in [0.717, 1.165) is 28.3 Å². The number of imidazole rings is 1. The fraction of sp³-hybridized carbons (Fsp3) is 0.400. The van der Waals surface area contributed by atoms with Crippen LogP contribution in [0.5, 0.6) is 0 Å². The van der Waals surface area contributed by atoms with Crippen molar-refractivity contribution < 1.29 is 0 Å². The molecule has 0 spiro atoms. The van der Waals surface area contributed by atoms with E-state index in [4.69, 9.17) is 0 Å². The Morgan fingerprint density at radius 3 is 2.55 bits per heavy atom. The summed E-state index contributed by atoms with van der Waals surface area (Å²) >= 11 is 3.63. The summed E-state index contributed by atoms with van der Waals surface area (Å²) in [5.41, 5.74) is 4.80. The van der Waals surface area contributed by atoms with E-state index in [-0.39, 0.29) is 0 Å². The second-order valence-corrected chi connectivity index (χ2v) is 6.15. The maximum Gasteiger partial charge on any atom is 0.204 e. The Bertz CT molecular complexity index is 593. The zero-order valence-corrected chi connectivity index (χ0v) is 14.2. The smallest absolute Gasteiger partial charge is 0.204 e. The molecule has 2 rings (SSSR count). The van der Waals surface area contributed by atoms with E-state index in [0.29, 0.717) is 0 Å². The summed E-state index contributed by atoms with van der Waals surface area (Å²) in [7, 11) is 6.04. The van der Waals surface area contributed by atoms with Crippen molar-refractivity contribution in [3.8, 4) is 0 Å². The van der Waals surface area contributed by atoms with Crippen LogP contribution in [0.1, 0.15) is 16.8 Å². The number of anilines is 2. The number of nitrogens with zero attached hydrogens (tertiary/aromatic N) is 3. The highest BCUT2D eigenvalue weighted by atomic mass is 79.9. The average molecular weight is 337 g/mol.